The molecule has 1 amide bonds. The van der Waals surface area contributed by atoms with Gasteiger partial charge in [0.25, 0.3) is 15.9 Å². The minimum absolute atomic E-state index is 0.0775. The average Bonchev–Trinajstić information content (AvgIpc) is 3.42. The quantitative estimate of drug-likeness (QED) is 0.671. The minimum atomic E-state index is -3.88. The Morgan fingerprint density at radius 2 is 1.91 bits per heavy atom. The topological polar surface area (TPSA) is 75.7 Å². The molecule has 1 N–H and O–H groups in total. The van der Waals surface area contributed by atoms with Gasteiger partial charge < -0.3 is 10.1 Å². The second-order valence-electron chi connectivity index (χ2n) is 9.22. The van der Waals surface area contributed by atoms with Crippen molar-refractivity contribution < 1.29 is 17.9 Å². The number of carbonyl (C=O) groups is 1. The lowest BCUT2D eigenvalue weighted by Gasteiger charge is -2.28. The van der Waals surface area contributed by atoms with Crippen LogP contribution in [0.25, 0.3) is 0 Å². The van der Waals surface area contributed by atoms with E-state index < -0.39 is 10.0 Å². The number of nitrogens with zero attached hydrogens (tertiary/aromatic N) is 1. The van der Waals surface area contributed by atoms with E-state index in [0.29, 0.717) is 28.8 Å². The molecule has 7 heteroatoms. The van der Waals surface area contributed by atoms with Crippen LogP contribution < -0.4 is 14.4 Å². The summed E-state index contributed by atoms with van der Waals surface area (Å²) in [6.45, 7) is 3.91. The number of methoxy groups -OCH3 is 1. The van der Waals surface area contributed by atoms with Crippen molar-refractivity contribution in [2.75, 3.05) is 18.5 Å². The Kier molecular flexibility index (Phi) is 6.21. The van der Waals surface area contributed by atoms with E-state index in [1.54, 1.807) is 36.4 Å². The molecular weight excluding hydrogens is 424 g/mol. The molecule has 2 aromatic carbocycles. The molecule has 0 unspecified atom stereocenters. The number of fused-ring (bicyclic) bond motifs is 2. The molecule has 4 atom stereocenters. The lowest BCUT2D eigenvalue weighted by atomic mass is 9.84. The van der Waals surface area contributed by atoms with Crippen molar-refractivity contribution >= 4 is 21.6 Å². The van der Waals surface area contributed by atoms with Crippen LogP contribution in [0.4, 0.5) is 5.69 Å². The molecule has 2 aliphatic carbocycles. The molecule has 0 heterocycles. The minimum Gasteiger partial charge on any atom is -0.495 e. The Balaban J connectivity index is 1.57. The number of nitrogens with one attached hydrogen (secondary N) is 1. The molecule has 2 aromatic rings. The van der Waals surface area contributed by atoms with Crippen LogP contribution >= 0.6 is 0 Å². The summed E-state index contributed by atoms with van der Waals surface area (Å²) in [6, 6.07) is 11.8. The van der Waals surface area contributed by atoms with Gasteiger partial charge in [0.1, 0.15) is 5.75 Å². The summed E-state index contributed by atoms with van der Waals surface area (Å²) >= 11 is 0. The molecule has 2 bridgehead atoms. The fourth-order valence-electron chi connectivity index (χ4n) is 5.48. The Labute approximate surface area is 191 Å². The maximum atomic E-state index is 13.3. The number of amides is 1. The van der Waals surface area contributed by atoms with Crippen molar-refractivity contribution in [3.8, 4) is 5.75 Å². The van der Waals surface area contributed by atoms with Gasteiger partial charge in [-0.15, -0.1) is 0 Å². The molecule has 0 aromatic heterocycles. The largest absolute Gasteiger partial charge is 0.495 e. The molecule has 0 aliphatic heterocycles. The van der Waals surface area contributed by atoms with Crippen LogP contribution in [0.15, 0.2) is 47.4 Å². The van der Waals surface area contributed by atoms with Crippen LogP contribution in [0.3, 0.4) is 0 Å². The first-order valence-corrected chi connectivity index (χ1v) is 12.7. The Bertz CT molecular complexity index is 1110. The number of carbonyl (C=O) groups excluding carboxylic acids is 1. The van der Waals surface area contributed by atoms with E-state index in [4.69, 9.17) is 4.74 Å². The number of rotatable bonds is 7. The summed E-state index contributed by atoms with van der Waals surface area (Å²) in [5.74, 6) is 2.28. The highest BCUT2D eigenvalue weighted by Gasteiger charge is 2.42. The van der Waals surface area contributed by atoms with Crippen LogP contribution in [0.2, 0.25) is 0 Å². The number of hydrogen-bond donors (Lipinski definition) is 1. The highest BCUT2D eigenvalue weighted by Crippen LogP contribution is 2.49. The molecule has 2 aliphatic rings. The predicted octanol–water partition coefficient (Wildman–Crippen LogP) is 4.38. The zero-order chi connectivity index (χ0) is 23.0. The van der Waals surface area contributed by atoms with E-state index >= 15 is 0 Å². The van der Waals surface area contributed by atoms with Crippen LogP contribution in [0, 0.1) is 24.7 Å². The molecule has 0 saturated heterocycles. The number of ether oxygens (including phenoxy) is 1. The van der Waals surface area contributed by atoms with Gasteiger partial charge in [-0.3, -0.25) is 9.10 Å². The number of benzene rings is 2. The molecule has 172 valence electrons. The highest BCUT2D eigenvalue weighted by molar-refractivity contribution is 7.92. The molecule has 4 rings (SSSR count). The maximum absolute atomic E-state index is 13.3. The lowest BCUT2D eigenvalue weighted by molar-refractivity contribution is 0.0914. The first-order chi connectivity index (χ1) is 15.2. The number of sulfonamides is 1. The monoisotopic (exact) mass is 456 g/mol. The SMILES string of the molecule is COc1ccccc1N(C)S(=O)(=O)c1ccc(C)c(C(=O)N[C@@H](C)[C@H]2C[C@H]3CC[C@H]2C3)c1. The highest BCUT2D eigenvalue weighted by atomic mass is 32.2. The van der Waals surface area contributed by atoms with E-state index in [0.717, 1.165) is 11.5 Å². The number of aryl methyl sites for hydroxylation is 1. The molecule has 0 spiro atoms. The van der Waals surface area contributed by atoms with E-state index in [1.165, 1.54) is 50.2 Å². The van der Waals surface area contributed by atoms with Gasteiger partial charge in [-0.25, -0.2) is 8.42 Å². The zero-order valence-electron chi connectivity index (χ0n) is 19.2. The van der Waals surface area contributed by atoms with Crippen molar-refractivity contribution in [1.29, 1.82) is 0 Å². The Hall–Kier alpha value is -2.54. The summed E-state index contributed by atoms with van der Waals surface area (Å²) in [6.07, 6.45) is 5.05. The van der Waals surface area contributed by atoms with Crippen LogP contribution in [-0.2, 0) is 10.0 Å². The second-order valence-corrected chi connectivity index (χ2v) is 11.2. The molecular formula is C25H32N2O4S. The van der Waals surface area contributed by atoms with Gasteiger partial charge in [-0.2, -0.15) is 0 Å². The number of hydrogen-bond acceptors (Lipinski definition) is 4. The predicted molar refractivity (Wildman–Crippen MR) is 126 cm³/mol. The fourth-order valence-corrected chi connectivity index (χ4v) is 6.71. The van der Waals surface area contributed by atoms with E-state index in [-0.39, 0.29) is 16.8 Å². The van der Waals surface area contributed by atoms with Crippen LogP contribution in [-0.4, -0.2) is 34.5 Å². The Morgan fingerprint density at radius 1 is 1.16 bits per heavy atom. The first kappa shape index (κ1) is 22.6. The van der Waals surface area contributed by atoms with Gasteiger partial charge in [0.2, 0.25) is 0 Å². The van der Waals surface area contributed by atoms with Crippen LogP contribution in [0.5, 0.6) is 5.75 Å². The normalized spacial score (nSPS) is 23.1. The van der Waals surface area contributed by atoms with E-state index in [9.17, 15) is 13.2 Å². The van der Waals surface area contributed by atoms with Crippen molar-refractivity contribution in [3.63, 3.8) is 0 Å². The molecule has 2 fully saturated rings. The van der Waals surface area contributed by atoms with Gasteiger partial charge in [0.15, 0.2) is 0 Å². The summed E-state index contributed by atoms with van der Waals surface area (Å²) in [5, 5.41) is 3.15. The third kappa shape index (κ3) is 4.10. The zero-order valence-corrected chi connectivity index (χ0v) is 20.0. The Morgan fingerprint density at radius 3 is 2.56 bits per heavy atom. The van der Waals surface area contributed by atoms with Gasteiger partial charge in [-0.05, 0) is 80.7 Å². The molecule has 6 nitrogen and oxygen atoms in total. The van der Waals surface area contributed by atoms with Gasteiger partial charge in [0, 0.05) is 18.7 Å². The van der Waals surface area contributed by atoms with Crippen molar-refractivity contribution in [2.45, 2.75) is 50.5 Å². The van der Waals surface area contributed by atoms with Gasteiger partial charge in [-0.1, -0.05) is 24.6 Å². The molecule has 2 saturated carbocycles. The van der Waals surface area contributed by atoms with Gasteiger partial charge in [0.05, 0.1) is 17.7 Å². The summed E-state index contributed by atoms with van der Waals surface area (Å²) in [7, 11) is -0.880. The van der Waals surface area contributed by atoms with Crippen molar-refractivity contribution in [3.05, 3.63) is 53.6 Å². The molecule has 32 heavy (non-hydrogen) atoms. The summed E-state index contributed by atoms with van der Waals surface area (Å²) in [5.41, 5.74) is 1.59. The maximum Gasteiger partial charge on any atom is 0.264 e. The van der Waals surface area contributed by atoms with E-state index in [1.807, 2.05) is 6.92 Å². The average molecular weight is 457 g/mol. The lowest BCUT2D eigenvalue weighted by Crippen LogP contribution is -2.40. The van der Waals surface area contributed by atoms with Gasteiger partial charge >= 0.3 is 0 Å². The fraction of sp³-hybridized carbons (Fsp3) is 0.480. The van der Waals surface area contributed by atoms with E-state index in [2.05, 4.69) is 12.2 Å². The van der Waals surface area contributed by atoms with Crippen molar-refractivity contribution in [2.24, 2.45) is 17.8 Å². The third-order valence-corrected chi connectivity index (χ3v) is 9.10. The number of anilines is 1. The summed E-state index contributed by atoms with van der Waals surface area (Å²) < 4.78 is 33.2. The standard InChI is InChI=1S/C25H32N2O4S/c1-16-9-12-20(32(29,30)27(3)23-7-5-6-8-24(23)31-4)15-21(16)25(28)26-17(2)22-14-18-10-11-19(22)13-18/h5-9,12,15,17-19,22H,10-11,13-14H2,1-4H3,(H,26,28)/t17-,18-,19-,22+/m0/s1. The second kappa shape index (κ2) is 8.77. The smallest absolute Gasteiger partial charge is 0.264 e. The summed E-state index contributed by atoms with van der Waals surface area (Å²) in [4.78, 5) is 13.2. The van der Waals surface area contributed by atoms with Crippen LogP contribution in [0.1, 0.15) is 48.5 Å². The number of para-hydroxylation sites is 2. The first-order valence-electron chi connectivity index (χ1n) is 11.3. The third-order valence-electron chi connectivity index (χ3n) is 7.33. The van der Waals surface area contributed by atoms with Crippen molar-refractivity contribution in [1.82, 2.24) is 5.32 Å². The molecule has 0 radical (unpaired) electrons.